The lowest BCUT2D eigenvalue weighted by molar-refractivity contribution is -0.0383. The molecule has 2 aliphatic heterocycles. The summed E-state index contributed by atoms with van der Waals surface area (Å²) in [5.41, 5.74) is -0.0979. The molecule has 1 N–H and O–H groups in total. The Kier molecular flexibility index (Phi) is 10.3. The highest BCUT2D eigenvalue weighted by molar-refractivity contribution is 5.97. The van der Waals surface area contributed by atoms with Gasteiger partial charge in [-0.1, -0.05) is 13.8 Å². The van der Waals surface area contributed by atoms with Gasteiger partial charge in [0.2, 0.25) is 0 Å². The molecule has 0 aliphatic carbocycles. The quantitative estimate of drug-likeness (QED) is 0.369. The summed E-state index contributed by atoms with van der Waals surface area (Å²) in [5.74, 6) is 0.518. The van der Waals surface area contributed by atoms with Gasteiger partial charge in [0.1, 0.15) is 17.9 Å². The van der Waals surface area contributed by atoms with E-state index in [0.29, 0.717) is 30.9 Å². The average molecular weight is 614 g/mol. The maximum atomic E-state index is 14.3. The van der Waals surface area contributed by atoms with E-state index < -0.39 is 5.82 Å². The van der Waals surface area contributed by atoms with Crippen molar-refractivity contribution >= 4 is 17.8 Å². The number of anilines is 1. The number of likely N-dealkylation sites (tertiary alicyclic amines) is 1. The molecule has 0 saturated carbocycles. The molecule has 12 heteroatoms. The lowest BCUT2D eigenvalue weighted by Crippen LogP contribution is -2.62. The summed E-state index contributed by atoms with van der Waals surface area (Å²) in [6, 6.07) is 4.17. The first-order valence-corrected chi connectivity index (χ1v) is 15.6. The SMILES string of the molecule is CCN(C(=O)c1cc(F)ccc1Oc1nncnc1N1CCC2(C1)CN(C(CCOC(=O)NC(C)(C)C)C(C)C)C2)C(C)C. The van der Waals surface area contributed by atoms with Crippen LogP contribution in [-0.2, 0) is 4.74 Å². The number of halogens is 1. The molecule has 1 unspecified atom stereocenters. The minimum Gasteiger partial charge on any atom is -0.449 e. The summed E-state index contributed by atoms with van der Waals surface area (Å²) in [4.78, 5) is 36.2. The van der Waals surface area contributed by atoms with Crippen molar-refractivity contribution in [1.29, 1.82) is 0 Å². The van der Waals surface area contributed by atoms with E-state index in [9.17, 15) is 14.0 Å². The highest BCUT2D eigenvalue weighted by Crippen LogP contribution is 2.44. The van der Waals surface area contributed by atoms with Gasteiger partial charge in [-0.05, 0) is 78.5 Å². The molecule has 11 nitrogen and oxygen atoms in total. The number of rotatable bonds is 11. The summed E-state index contributed by atoms with van der Waals surface area (Å²) in [7, 11) is 0. The number of ether oxygens (including phenoxy) is 2. The normalized spacial score (nSPS) is 17.1. The molecule has 0 bridgehead atoms. The van der Waals surface area contributed by atoms with Gasteiger partial charge in [-0.2, -0.15) is 0 Å². The molecule has 1 spiro atoms. The smallest absolute Gasteiger partial charge is 0.407 e. The Morgan fingerprint density at radius 1 is 1.16 bits per heavy atom. The zero-order valence-electron chi connectivity index (χ0n) is 27.4. The Hall–Kier alpha value is -3.54. The Morgan fingerprint density at radius 3 is 2.52 bits per heavy atom. The predicted octanol–water partition coefficient (Wildman–Crippen LogP) is 5.13. The van der Waals surface area contributed by atoms with E-state index in [4.69, 9.17) is 9.47 Å². The van der Waals surface area contributed by atoms with Crippen molar-refractivity contribution < 1.29 is 23.5 Å². The van der Waals surface area contributed by atoms with Gasteiger partial charge in [0.15, 0.2) is 5.82 Å². The first-order chi connectivity index (χ1) is 20.7. The predicted molar refractivity (Wildman–Crippen MR) is 166 cm³/mol. The molecule has 2 amide bonds. The number of benzene rings is 1. The Morgan fingerprint density at radius 2 is 1.89 bits per heavy atom. The first-order valence-electron chi connectivity index (χ1n) is 15.6. The fourth-order valence-corrected chi connectivity index (χ4v) is 6.28. The third-order valence-corrected chi connectivity index (χ3v) is 8.35. The largest absolute Gasteiger partial charge is 0.449 e. The fraction of sp³-hybridized carbons (Fsp3) is 0.656. The van der Waals surface area contributed by atoms with Gasteiger partial charge in [-0.25, -0.2) is 14.2 Å². The molecule has 4 rings (SSSR count). The number of carbonyl (C=O) groups excluding carboxylic acids is 2. The number of aromatic nitrogens is 3. The zero-order chi connectivity index (χ0) is 32.2. The maximum Gasteiger partial charge on any atom is 0.407 e. The minimum absolute atomic E-state index is 0.0593. The standard InChI is InChI=1S/C32H48FN7O4/c1-9-40(22(4)5)29(41)24-16-23(33)10-11-26(24)44-28-27(34-20-35-37-28)38-14-13-32(17-38)18-39(19-32)25(21(2)3)12-15-43-30(42)36-31(6,7)8/h10-11,16,20-22,25H,9,12-15,17-19H2,1-8H3,(H,36,42). The monoisotopic (exact) mass is 613 g/mol. The molecule has 2 saturated heterocycles. The third-order valence-electron chi connectivity index (χ3n) is 8.35. The molecule has 3 heterocycles. The number of nitrogens with zero attached hydrogens (tertiary/aromatic N) is 6. The Balaban J connectivity index is 1.42. The van der Waals surface area contributed by atoms with Crippen LogP contribution in [0.25, 0.3) is 0 Å². The van der Waals surface area contributed by atoms with Gasteiger partial charge < -0.3 is 24.6 Å². The van der Waals surface area contributed by atoms with E-state index in [2.05, 4.69) is 44.1 Å². The van der Waals surface area contributed by atoms with Crippen LogP contribution in [0, 0.1) is 17.2 Å². The summed E-state index contributed by atoms with van der Waals surface area (Å²) >= 11 is 0. The molecule has 1 aromatic heterocycles. The third kappa shape index (κ3) is 7.94. The van der Waals surface area contributed by atoms with Crippen LogP contribution in [-0.4, -0.2) is 93.9 Å². The van der Waals surface area contributed by atoms with Crippen LogP contribution in [0.5, 0.6) is 11.6 Å². The summed E-state index contributed by atoms with van der Waals surface area (Å²) in [5, 5.41) is 11.0. The second-order valence-corrected chi connectivity index (χ2v) is 13.7. The van der Waals surface area contributed by atoms with Crippen LogP contribution in [0.15, 0.2) is 24.5 Å². The van der Waals surface area contributed by atoms with Crippen LogP contribution >= 0.6 is 0 Å². The van der Waals surface area contributed by atoms with Gasteiger partial charge in [0.25, 0.3) is 11.8 Å². The van der Waals surface area contributed by atoms with Gasteiger partial charge in [-0.3, -0.25) is 9.69 Å². The van der Waals surface area contributed by atoms with Crippen LogP contribution in [0.2, 0.25) is 0 Å². The number of amides is 2. The zero-order valence-corrected chi connectivity index (χ0v) is 27.4. The highest BCUT2D eigenvalue weighted by Gasteiger charge is 2.50. The molecule has 2 fully saturated rings. The Labute approximate surface area is 260 Å². The van der Waals surface area contributed by atoms with Gasteiger partial charge in [0, 0.05) is 55.8 Å². The lowest BCUT2D eigenvalue weighted by Gasteiger charge is -2.52. The highest BCUT2D eigenvalue weighted by atomic mass is 19.1. The number of carbonyl (C=O) groups is 2. The fourth-order valence-electron chi connectivity index (χ4n) is 6.28. The average Bonchev–Trinajstić information content (AvgIpc) is 3.36. The van der Waals surface area contributed by atoms with E-state index in [-0.39, 0.29) is 46.2 Å². The topological polar surface area (TPSA) is 113 Å². The number of hydrogen-bond acceptors (Lipinski definition) is 9. The molecule has 2 aromatic rings. The van der Waals surface area contributed by atoms with Gasteiger partial charge in [-0.15, -0.1) is 10.2 Å². The summed E-state index contributed by atoms with van der Waals surface area (Å²) < 4.78 is 25.9. The molecule has 44 heavy (non-hydrogen) atoms. The molecule has 1 atom stereocenters. The molecular formula is C32H48FN7O4. The summed E-state index contributed by atoms with van der Waals surface area (Å²) in [6.07, 6.45) is 2.76. The van der Waals surface area contributed by atoms with E-state index in [1.54, 1.807) is 4.90 Å². The van der Waals surface area contributed by atoms with E-state index in [1.165, 1.54) is 24.5 Å². The van der Waals surface area contributed by atoms with Crippen LogP contribution < -0.4 is 15.0 Å². The van der Waals surface area contributed by atoms with E-state index in [1.807, 2.05) is 41.5 Å². The molecule has 1 aromatic carbocycles. The molecular weight excluding hydrogens is 565 g/mol. The number of hydrogen-bond donors (Lipinski definition) is 1. The number of nitrogens with one attached hydrogen (secondary N) is 1. The minimum atomic E-state index is -0.520. The van der Waals surface area contributed by atoms with Crippen molar-refractivity contribution in [2.75, 3.05) is 44.2 Å². The maximum absolute atomic E-state index is 14.3. The van der Waals surface area contributed by atoms with Crippen molar-refractivity contribution in [3.8, 4) is 11.6 Å². The van der Waals surface area contributed by atoms with Crippen molar-refractivity contribution in [3.63, 3.8) is 0 Å². The van der Waals surface area contributed by atoms with E-state index in [0.717, 1.165) is 39.0 Å². The van der Waals surface area contributed by atoms with E-state index >= 15 is 0 Å². The van der Waals surface area contributed by atoms with Gasteiger partial charge in [0.05, 0.1) is 12.2 Å². The second-order valence-electron chi connectivity index (χ2n) is 13.7. The van der Waals surface area contributed by atoms with Crippen molar-refractivity contribution in [3.05, 3.63) is 35.9 Å². The lowest BCUT2D eigenvalue weighted by atomic mass is 9.76. The Bertz CT molecular complexity index is 1310. The first kappa shape index (κ1) is 33.4. The van der Waals surface area contributed by atoms with Crippen molar-refractivity contribution in [1.82, 2.24) is 30.3 Å². The summed E-state index contributed by atoms with van der Waals surface area (Å²) in [6.45, 7) is 20.2. The second kappa shape index (κ2) is 13.6. The molecule has 2 aliphatic rings. The van der Waals surface area contributed by atoms with Crippen LogP contribution in [0.4, 0.5) is 15.0 Å². The van der Waals surface area contributed by atoms with Crippen molar-refractivity contribution in [2.45, 2.75) is 85.9 Å². The number of alkyl carbamates (subject to hydrolysis) is 1. The molecule has 0 radical (unpaired) electrons. The molecule has 242 valence electrons. The van der Waals surface area contributed by atoms with Crippen LogP contribution in [0.1, 0.15) is 78.6 Å². The van der Waals surface area contributed by atoms with Crippen LogP contribution in [0.3, 0.4) is 0 Å². The van der Waals surface area contributed by atoms with Crippen molar-refractivity contribution in [2.24, 2.45) is 11.3 Å². The van der Waals surface area contributed by atoms with Gasteiger partial charge >= 0.3 is 6.09 Å².